The Morgan fingerprint density at radius 2 is 1.59 bits per heavy atom. The lowest BCUT2D eigenvalue weighted by Gasteiger charge is -2.33. The second-order valence-electron chi connectivity index (χ2n) is 5.33. The maximum Gasteiger partial charge on any atom is 0.211 e. The molecule has 104 valence electrons. The topological polar surface area (TPSA) is 46.6 Å². The van der Waals surface area contributed by atoms with Crippen molar-refractivity contribution in [2.24, 2.45) is 11.8 Å². The van der Waals surface area contributed by atoms with Crippen LogP contribution in [0.1, 0.15) is 34.6 Å². The molecule has 0 fully saturated rings. The van der Waals surface area contributed by atoms with E-state index in [0.29, 0.717) is 12.5 Å². The van der Waals surface area contributed by atoms with Crippen molar-refractivity contribution in [2.45, 2.75) is 46.8 Å². The van der Waals surface area contributed by atoms with E-state index in [1.165, 1.54) is 10.6 Å². The van der Waals surface area contributed by atoms with Crippen LogP contribution in [0.5, 0.6) is 0 Å². The van der Waals surface area contributed by atoms with Crippen molar-refractivity contribution < 1.29 is 13.2 Å². The van der Waals surface area contributed by atoms with Crippen LogP contribution in [0, 0.1) is 11.8 Å². The van der Waals surface area contributed by atoms with Gasteiger partial charge in [0.2, 0.25) is 10.0 Å². The highest BCUT2D eigenvalue weighted by atomic mass is 32.2. The average molecular weight is 265 g/mol. The Hall–Kier alpha value is -0.130. The van der Waals surface area contributed by atoms with E-state index in [2.05, 4.69) is 20.8 Å². The minimum Gasteiger partial charge on any atom is -0.377 e. The number of rotatable bonds is 7. The Labute approximate surface area is 106 Å². The van der Waals surface area contributed by atoms with E-state index in [1.54, 1.807) is 7.05 Å². The Balaban J connectivity index is 4.85. The van der Waals surface area contributed by atoms with Crippen molar-refractivity contribution in [2.75, 3.05) is 19.9 Å². The average Bonchev–Trinajstić information content (AvgIpc) is 2.15. The fraction of sp³-hybridized carbons (Fsp3) is 1.00. The molecule has 0 aliphatic rings. The van der Waals surface area contributed by atoms with Crippen molar-refractivity contribution in [3.8, 4) is 0 Å². The van der Waals surface area contributed by atoms with E-state index in [4.69, 9.17) is 4.74 Å². The first-order valence-corrected chi connectivity index (χ1v) is 7.96. The maximum absolute atomic E-state index is 11.6. The molecule has 0 heterocycles. The van der Waals surface area contributed by atoms with E-state index in [-0.39, 0.29) is 18.1 Å². The highest BCUT2D eigenvalue weighted by molar-refractivity contribution is 7.88. The number of ether oxygens (including phenoxy) is 1. The molecule has 5 heteroatoms. The van der Waals surface area contributed by atoms with Crippen LogP contribution in [-0.2, 0) is 14.8 Å². The zero-order chi connectivity index (χ0) is 13.8. The smallest absolute Gasteiger partial charge is 0.211 e. The summed E-state index contributed by atoms with van der Waals surface area (Å²) in [5.74, 6) is 0.674. The molecule has 2 unspecified atom stereocenters. The Morgan fingerprint density at radius 3 is 1.88 bits per heavy atom. The molecule has 0 aromatic heterocycles. The quantitative estimate of drug-likeness (QED) is 0.707. The van der Waals surface area contributed by atoms with Crippen molar-refractivity contribution in [1.29, 1.82) is 0 Å². The van der Waals surface area contributed by atoms with Gasteiger partial charge in [-0.2, -0.15) is 4.31 Å². The molecule has 4 nitrogen and oxygen atoms in total. The van der Waals surface area contributed by atoms with Gasteiger partial charge in [0.25, 0.3) is 0 Å². The minimum atomic E-state index is -3.18. The largest absolute Gasteiger partial charge is 0.377 e. The van der Waals surface area contributed by atoms with Gasteiger partial charge in [-0.3, -0.25) is 0 Å². The molecule has 0 aromatic rings. The van der Waals surface area contributed by atoms with Crippen LogP contribution in [0.15, 0.2) is 0 Å². The fourth-order valence-corrected chi connectivity index (χ4v) is 2.31. The molecule has 0 saturated carbocycles. The number of hydrogen-bond donors (Lipinski definition) is 0. The summed E-state index contributed by atoms with van der Waals surface area (Å²) < 4.78 is 30.2. The van der Waals surface area contributed by atoms with Crippen LogP contribution >= 0.6 is 0 Å². The summed E-state index contributed by atoms with van der Waals surface area (Å²) in [5.41, 5.74) is 0. The molecule has 0 aliphatic heterocycles. The lowest BCUT2D eigenvalue weighted by Crippen LogP contribution is -2.45. The van der Waals surface area contributed by atoms with E-state index in [9.17, 15) is 8.42 Å². The molecule has 17 heavy (non-hydrogen) atoms. The van der Waals surface area contributed by atoms with E-state index in [0.717, 1.165) is 0 Å². The van der Waals surface area contributed by atoms with Gasteiger partial charge in [0.05, 0.1) is 25.0 Å². The van der Waals surface area contributed by atoms with Crippen LogP contribution in [0.4, 0.5) is 0 Å². The molecule has 0 saturated heterocycles. The normalized spacial score (nSPS) is 16.8. The molecule has 0 aliphatic carbocycles. The van der Waals surface area contributed by atoms with E-state index in [1.807, 2.05) is 13.8 Å². The molecule has 2 atom stereocenters. The van der Waals surface area contributed by atoms with Crippen LogP contribution in [0.2, 0.25) is 0 Å². The Kier molecular flexibility index (Phi) is 6.66. The van der Waals surface area contributed by atoms with Crippen LogP contribution in [-0.4, -0.2) is 44.8 Å². The van der Waals surface area contributed by atoms with Crippen molar-refractivity contribution in [1.82, 2.24) is 4.31 Å². The summed E-state index contributed by atoms with van der Waals surface area (Å²) in [6, 6.07) is -0.104. The molecule has 0 bridgehead atoms. The summed E-state index contributed by atoms with van der Waals surface area (Å²) >= 11 is 0. The van der Waals surface area contributed by atoms with Crippen molar-refractivity contribution in [3.63, 3.8) is 0 Å². The summed E-state index contributed by atoms with van der Waals surface area (Å²) in [4.78, 5) is 0. The first-order chi connectivity index (χ1) is 7.57. The number of hydrogen-bond acceptors (Lipinski definition) is 3. The van der Waals surface area contributed by atoms with Gasteiger partial charge in [-0.15, -0.1) is 0 Å². The second kappa shape index (κ2) is 6.71. The van der Waals surface area contributed by atoms with Gasteiger partial charge in [0, 0.05) is 7.05 Å². The third kappa shape index (κ3) is 5.84. The first-order valence-electron chi connectivity index (χ1n) is 6.12. The van der Waals surface area contributed by atoms with Gasteiger partial charge >= 0.3 is 0 Å². The minimum absolute atomic E-state index is 0.104. The Bertz CT molecular complexity index is 312. The van der Waals surface area contributed by atoms with Crippen LogP contribution in [0.25, 0.3) is 0 Å². The predicted octanol–water partition coefficient (Wildman–Crippen LogP) is 1.96. The van der Waals surface area contributed by atoms with Crippen LogP contribution in [0.3, 0.4) is 0 Å². The Morgan fingerprint density at radius 1 is 1.12 bits per heavy atom. The van der Waals surface area contributed by atoms with Crippen molar-refractivity contribution >= 4 is 10.0 Å². The lowest BCUT2D eigenvalue weighted by atomic mass is 9.91. The molecule has 0 amide bonds. The molecule has 0 radical (unpaired) electrons. The molecule has 0 aromatic carbocycles. The van der Waals surface area contributed by atoms with E-state index < -0.39 is 10.0 Å². The highest BCUT2D eigenvalue weighted by Crippen LogP contribution is 2.21. The third-order valence-corrected chi connectivity index (χ3v) is 4.57. The zero-order valence-electron chi connectivity index (χ0n) is 12.1. The zero-order valence-corrected chi connectivity index (χ0v) is 12.9. The summed E-state index contributed by atoms with van der Waals surface area (Å²) in [6.07, 6.45) is 1.35. The summed E-state index contributed by atoms with van der Waals surface area (Å²) in [7, 11) is -1.55. The summed E-state index contributed by atoms with van der Waals surface area (Å²) in [6.45, 7) is 10.6. The highest BCUT2D eigenvalue weighted by Gasteiger charge is 2.29. The molecule has 0 rings (SSSR count). The van der Waals surface area contributed by atoms with E-state index >= 15 is 0 Å². The van der Waals surface area contributed by atoms with Gasteiger partial charge in [-0.1, -0.05) is 20.8 Å². The van der Waals surface area contributed by atoms with Crippen LogP contribution < -0.4 is 0 Å². The summed E-state index contributed by atoms with van der Waals surface area (Å²) in [5, 5.41) is 0. The molecule has 0 N–H and O–H groups in total. The number of nitrogens with zero attached hydrogens (tertiary/aromatic N) is 1. The maximum atomic E-state index is 11.6. The fourth-order valence-electron chi connectivity index (χ4n) is 1.57. The second-order valence-corrected chi connectivity index (χ2v) is 7.37. The SMILES string of the molecule is CC(C)OCC(C(C)C(C)C)N(C)S(C)(=O)=O. The van der Waals surface area contributed by atoms with Gasteiger partial charge in [0.1, 0.15) is 0 Å². The third-order valence-electron chi connectivity index (χ3n) is 3.25. The van der Waals surface area contributed by atoms with Crippen molar-refractivity contribution in [3.05, 3.63) is 0 Å². The lowest BCUT2D eigenvalue weighted by molar-refractivity contribution is 0.0280. The predicted molar refractivity (Wildman–Crippen MR) is 71.5 cm³/mol. The monoisotopic (exact) mass is 265 g/mol. The van der Waals surface area contributed by atoms with Gasteiger partial charge in [-0.25, -0.2) is 8.42 Å². The molecular weight excluding hydrogens is 238 g/mol. The molecule has 0 spiro atoms. The molecular formula is C12H27NO3S. The van der Waals surface area contributed by atoms with Gasteiger partial charge in [-0.05, 0) is 25.7 Å². The number of sulfonamides is 1. The number of likely N-dealkylation sites (N-methyl/N-ethyl adjacent to an activating group) is 1. The van der Waals surface area contributed by atoms with Gasteiger partial charge in [0.15, 0.2) is 0 Å². The standard InChI is InChI=1S/C12H27NO3S/c1-9(2)11(5)12(8-16-10(3)4)13(6)17(7,14)15/h9-12H,8H2,1-7H3. The first kappa shape index (κ1) is 16.9. The van der Waals surface area contributed by atoms with Gasteiger partial charge < -0.3 is 4.74 Å².